The van der Waals surface area contributed by atoms with Gasteiger partial charge in [0, 0.05) is 17.5 Å². The quantitative estimate of drug-likeness (QED) is 0.476. The minimum atomic E-state index is -1.21. The second-order valence-electron chi connectivity index (χ2n) is 9.68. The zero-order valence-electron chi connectivity index (χ0n) is 21.0. The Bertz CT molecular complexity index is 1300. The van der Waals surface area contributed by atoms with Crippen molar-refractivity contribution in [1.82, 2.24) is 10.6 Å². The first kappa shape index (κ1) is 25.6. The molecule has 1 aliphatic rings. The van der Waals surface area contributed by atoms with Gasteiger partial charge in [0.25, 0.3) is 5.91 Å². The van der Waals surface area contributed by atoms with Gasteiger partial charge in [-0.1, -0.05) is 78.9 Å². The van der Waals surface area contributed by atoms with Crippen LogP contribution in [0.4, 0.5) is 10.5 Å². The third-order valence-electron chi connectivity index (χ3n) is 5.56. The van der Waals surface area contributed by atoms with Gasteiger partial charge in [-0.25, -0.2) is 9.79 Å². The van der Waals surface area contributed by atoms with E-state index in [-0.39, 0.29) is 6.42 Å². The minimum Gasteiger partial charge on any atom is -0.444 e. The van der Waals surface area contributed by atoms with Crippen molar-refractivity contribution in [3.05, 3.63) is 102 Å². The Morgan fingerprint density at radius 3 is 2.24 bits per heavy atom. The van der Waals surface area contributed by atoms with Crippen molar-refractivity contribution in [3.63, 3.8) is 0 Å². The molecule has 2 atom stereocenters. The number of nitrogens with one attached hydrogen (secondary N) is 3. The van der Waals surface area contributed by atoms with E-state index in [4.69, 9.17) is 4.74 Å². The molecule has 37 heavy (non-hydrogen) atoms. The molecule has 3 amide bonds. The molecule has 8 heteroatoms. The number of benzodiazepines with no additional fused rings is 1. The first-order valence-corrected chi connectivity index (χ1v) is 12.1. The average molecular weight is 499 g/mol. The summed E-state index contributed by atoms with van der Waals surface area (Å²) in [7, 11) is 0. The Balaban J connectivity index is 1.63. The minimum absolute atomic E-state index is 0.204. The van der Waals surface area contributed by atoms with Crippen LogP contribution in [0.2, 0.25) is 0 Å². The van der Waals surface area contributed by atoms with E-state index >= 15 is 0 Å². The third kappa shape index (κ3) is 6.82. The second-order valence-corrected chi connectivity index (χ2v) is 9.68. The molecule has 0 spiro atoms. The number of anilines is 1. The van der Waals surface area contributed by atoms with Gasteiger partial charge in [-0.15, -0.1) is 0 Å². The van der Waals surface area contributed by atoms with Crippen molar-refractivity contribution in [2.45, 2.75) is 45.0 Å². The van der Waals surface area contributed by atoms with E-state index < -0.39 is 35.7 Å². The molecule has 0 saturated carbocycles. The molecule has 190 valence electrons. The van der Waals surface area contributed by atoms with E-state index in [0.717, 1.165) is 16.7 Å². The van der Waals surface area contributed by atoms with Gasteiger partial charge in [-0.05, 0) is 32.4 Å². The van der Waals surface area contributed by atoms with Crippen LogP contribution in [-0.4, -0.2) is 41.4 Å². The number of ether oxygens (including phenoxy) is 1. The third-order valence-corrected chi connectivity index (χ3v) is 5.56. The van der Waals surface area contributed by atoms with Gasteiger partial charge in [0.1, 0.15) is 11.6 Å². The van der Waals surface area contributed by atoms with Crippen LogP contribution in [0, 0.1) is 0 Å². The van der Waals surface area contributed by atoms with Crippen molar-refractivity contribution in [2.24, 2.45) is 4.99 Å². The van der Waals surface area contributed by atoms with Crippen LogP contribution in [0.25, 0.3) is 0 Å². The Hall–Kier alpha value is -4.46. The maximum atomic E-state index is 13.5. The molecular formula is C29H30N4O4. The molecule has 1 heterocycles. The number of carbonyl (C=O) groups excluding carboxylic acids is 3. The highest BCUT2D eigenvalue weighted by Gasteiger charge is 2.31. The summed E-state index contributed by atoms with van der Waals surface area (Å²) >= 11 is 0. The number of benzene rings is 3. The van der Waals surface area contributed by atoms with E-state index in [0.29, 0.717) is 11.4 Å². The number of hydrogen-bond acceptors (Lipinski definition) is 5. The Kier molecular flexibility index (Phi) is 7.67. The molecule has 0 radical (unpaired) electrons. The van der Waals surface area contributed by atoms with Gasteiger partial charge in [0.15, 0.2) is 0 Å². The lowest BCUT2D eigenvalue weighted by Crippen LogP contribution is -2.53. The summed E-state index contributed by atoms with van der Waals surface area (Å²) in [5.41, 5.74) is 2.81. The molecule has 8 nitrogen and oxygen atoms in total. The van der Waals surface area contributed by atoms with Gasteiger partial charge < -0.3 is 20.7 Å². The Labute approximate surface area is 216 Å². The largest absolute Gasteiger partial charge is 0.444 e. The van der Waals surface area contributed by atoms with Crippen LogP contribution >= 0.6 is 0 Å². The van der Waals surface area contributed by atoms with Gasteiger partial charge in [-0.3, -0.25) is 9.59 Å². The highest BCUT2D eigenvalue weighted by atomic mass is 16.6. The molecule has 0 unspecified atom stereocenters. The number of para-hydroxylation sites is 1. The molecule has 0 fully saturated rings. The lowest BCUT2D eigenvalue weighted by atomic mass is 10.0. The average Bonchev–Trinajstić information content (AvgIpc) is 3.00. The zero-order valence-corrected chi connectivity index (χ0v) is 21.0. The van der Waals surface area contributed by atoms with Crippen LogP contribution in [0.3, 0.4) is 0 Å². The number of rotatable bonds is 6. The van der Waals surface area contributed by atoms with Crippen LogP contribution in [-0.2, 0) is 20.7 Å². The monoisotopic (exact) mass is 498 g/mol. The SMILES string of the molecule is CC(C)(C)OC(=O)N[C@@H](Cc1ccccc1)C(=O)N[C@@H]1N=C(c2ccccc2)c2ccccc2NC1=O. The molecule has 4 rings (SSSR count). The van der Waals surface area contributed by atoms with Crippen molar-refractivity contribution >= 4 is 29.3 Å². The maximum Gasteiger partial charge on any atom is 0.408 e. The summed E-state index contributed by atoms with van der Waals surface area (Å²) in [5.74, 6) is -1.04. The van der Waals surface area contributed by atoms with Crippen molar-refractivity contribution in [1.29, 1.82) is 0 Å². The van der Waals surface area contributed by atoms with Crippen molar-refractivity contribution in [3.8, 4) is 0 Å². The fraction of sp³-hybridized carbons (Fsp3) is 0.241. The van der Waals surface area contributed by atoms with Crippen LogP contribution < -0.4 is 16.0 Å². The molecule has 0 bridgehead atoms. The van der Waals surface area contributed by atoms with E-state index in [2.05, 4.69) is 20.9 Å². The summed E-state index contributed by atoms with van der Waals surface area (Å²) in [4.78, 5) is 43.8. The number of hydrogen-bond donors (Lipinski definition) is 3. The van der Waals surface area contributed by atoms with Gasteiger partial charge in [0.2, 0.25) is 12.1 Å². The summed E-state index contributed by atoms with van der Waals surface area (Å²) in [6.45, 7) is 5.23. The topological polar surface area (TPSA) is 109 Å². The van der Waals surface area contributed by atoms with Crippen LogP contribution in [0.15, 0.2) is 89.9 Å². The number of carbonyl (C=O) groups is 3. The molecule has 0 aromatic heterocycles. The lowest BCUT2D eigenvalue weighted by Gasteiger charge is -2.24. The summed E-state index contributed by atoms with van der Waals surface area (Å²) in [6.07, 6.45) is -1.74. The molecule has 3 N–H and O–H groups in total. The summed E-state index contributed by atoms with van der Waals surface area (Å²) < 4.78 is 5.37. The highest BCUT2D eigenvalue weighted by molar-refractivity contribution is 6.19. The first-order valence-electron chi connectivity index (χ1n) is 12.1. The van der Waals surface area contributed by atoms with E-state index in [1.54, 1.807) is 26.8 Å². The molecule has 1 aliphatic heterocycles. The van der Waals surface area contributed by atoms with Crippen molar-refractivity contribution < 1.29 is 19.1 Å². The lowest BCUT2D eigenvalue weighted by molar-refractivity contribution is -0.127. The first-order chi connectivity index (χ1) is 17.7. The standard InChI is InChI=1S/C29H30N4O4/c1-29(2,3)37-28(36)31-23(18-19-12-6-4-7-13-19)26(34)33-25-27(35)30-22-17-11-10-16-21(22)24(32-25)20-14-8-5-9-15-20/h4-17,23,25H,18H2,1-3H3,(H,30,35)(H,31,36)(H,33,34)/t23-,25-/m0/s1. The summed E-state index contributed by atoms with van der Waals surface area (Å²) in [6, 6.07) is 25.1. The molecule has 0 saturated heterocycles. The molecule has 3 aromatic carbocycles. The van der Waals surface area contributed by atoms with Gasteiger partial charge in [-0.2, -0.15) is 0 Å². The van der Waals surface area contributed by atoms with Gasteiger partial charge >= 0.3 is 6.09 Å². The van der Waals surface area contributed by atoms with Crippen LogP contribution in [0.5, 0.6) is 0 Å². The fourth-order valence-electron chi connectivity index (χ4n) is 3.93. The number of fused-ring (bicyclic) bond motifs is 1. The fourth-order valence-corrected chi connectivity index (χ4v) is 3.93. The Morgan fingerprint density at radius 1 is 0.946 bits per heavy atom. The Morgan fingerprint density at radius 2 is 1.57 bits per heavy atom. The van der Waals surface area contributed by atoms with E-state index in [1.807, 2.05) is 78.9 Å². The van der Waals surface area contributed by atoms with Gasteiger partial charge in [0.05, 0.1) is 11.4 Å². The number of alkyl carbamates (subject to hydrolysis) is 1. The molecule has 0 aliphatic carbocycles. The smallest absolute Gasteiger partial charge is 0.408 e. The number of nitrogens with zero attached hydrogens (tertiary/aromatic N) is 1. The van der Waals surface area contributed by atoms with Crippen molar-refractivity contribution in [2.75, 3.05) is 5.32 Å². The van der Waals surface area contributed by atoms with Crippen LogP contribution in [0.1, 0.15) is 37.5 Å². The predicted molar refractivity (Wildman–Crippen MR) is 142 cm³/mol. The summed E-state index contributed by atoms with van der Waals surface area (Å²) in [5, 5.41) is 8.23. The molecular weight excluding hydrogens is 468 g/mol. The number of aliphatic imine (C=N–C) groups is 1. The molecule has 3 aromatic rings. The van der Waals surface area contributed by atoms with E-state index in [9.17, 15) is 14.4 Å². The highest BCUT2D eigenvalue weighted by Crippen LogP contribution is 2.23. The second kappa shape index (κ2) is 11.1. The number of amides is 3. The van der Waals surface area contributed by atoms with E-state index in [1.165, 1.54) is 0 Å². The normalized spacial score (nSPS) is 15.8. The zero-order chi connectivity index (χ0) is 26.4. The predicted octanol–water partition coefficient (Wildman–Crippen LogP) is 4.05. The maximum absolute atomic E-state index is 13.5.